The van der Waals surface area contributed by atoms with Gasteiger partial charge in [-0.25, -0.2) is 0 Å². The van der Waals surface area contributed by atoms with Crippen molar-refractivity contribution in [1.82, 2.24) is 0 Å². The van der Waals surface area contributed by atoms with E-state index >= 15 is 0 Å². The van der Waals surface area contributed by atoms with Crippen molar-refractivity contribution in [3.8, 4) is 0 Å². The molecule has 0 saturated carbocycles. The van der Waals surface area contributed by atoms with E-state index in [4.69, 9.17) is 0 Å². The second kappa shape index (κ2) is 53.1. The third-order valence-electron chi connectivity index (χ3n) is 8.76. The zero-order valence-electron chi connectivity index (χ0n) is 48.3. The Hall–Kier alpha value is -6.28. The highest BCUT2D eigenvalue weighted by Gasteiger charge is 2.06. The summed E-state index contributed by atoms with van der Waals surface area (Å²) in [4.78, 5) is 0. The maximum atomic E-state index is 2.24. The van der Waals surface area contributed by atoms with Crippen LogP contribution in [-0.2, 0) is 0 Å². The van der Waals surface area contributed by atoms with Crippen molar-refractivity contribution in [3.05, 3.63) is 229 Å². The molecule has 1 heteroatoms. The van der Waals surface area contributed by atoms with Crippen LogP contribution in [0.3, 0.4) is 0 Å². The van der Waals surface area contributed by atoms with Crippen molar-refractivity contribution in [2.24, 2.45) is 0 Å². The SMILES string of the molecule is CC.CC.CC.CC.CC.CC.CC.CC.CC.CC.c1cc2ccc3cccc4ccc(c1)c2c34.c1ccc2cc3ccccc3cc2c1.c1ccc2ccccc2c1.c1ccccc1.c1ccsc1. The molecule has 0 fully saturated rings. The van der Waals surface area contributed by atoms with Gasteiger partial charge >= 0.3 is 0 Å². The Bertz CT molecular complexity index is 2350. The van der Waals surface area contributed by atoms with Crippen LogP contribution in [0.2, 0.25) is 0 Å². The van der Waals surface area contributed by atoms with Gasteiger partial charge in [0.25, 0.3) is 0 Å². The summed E-state index contributed by atoms with van der Waals surface area (Å²) in [7, 11) is 0. The average Bonchev–Trinajstić information content (AvgIpc) is 4.11. The lowest BCUT2D eigenvalue weighted by Gasteiger charge is -2.09. The summed E-state index contributed by atoms with van der Waals surface area (Å²) < 4.78 is 0. The molecule has 0 radical (unpaired) electrons. The van der Waals surface area contributed by atoms with Crippen LogP contribution in [0.15, 0.2) is 229 Å². The van der Waals surface area contributed by atoms with Crippen molar-refractivity contribution in [3.63, 3.8) is 0 Å². The van der Waals surface area contributed by atoms with Gasteiger partial charge in [0.1, 0.15) is 0 Å². The molecule has 0 aliphatic heterocycles. The Labute approximate surface area is 441 Å². The molecule has 0 aliphatic carbocycles. The first-order valence-electron chi connectivity index (χ1n) is 27.2. The van der Waals surface area contributed by atoms with Crippen LogP contribution in [0.4, 0.5) is 0 Å². The largest absolute Gasteiger partial charge is 0.152 e. The first-order chi connectivity index (χ1) is 35.3. The number of hydrogen-bond donors (Lipinski definition) is 0. The molecule has 0 spiro atoms. The minimum absolute atomic E-state index is 1.31. The molecule has 0 aliphatic rings. The van der Waals surface area contributed by atoms with E-state index in [0.29, 0.717) is 0 Å². The first kappa shape index (κ1) is 71.3. The zero-order chi connectivity index (χ0) is 54.5. The standard InChI is InChI=1S/C16H10.C14H10.C10H8.C6H6.C4H4S.10C2H6/c1-3-11-7-9-13-5-2-6-14-10-8-12(4-1)15(11)16(13)14;1-2-6-12-10-14-8-4-3-7-13(14)9-11(12)5-1;1-2-6-10-8-4-3-7-9(10)5-1;1-2-4-6-5-3-1;1-2-4-5-3-1;10*1-2/h1-10H;1-10H;1-8H;1-6H;1-4H;10*1-2H3. The molecule has 0 N–H and O–H groups in total. The van der Waals surface area contributed by atoms with E-state index in [1.807, 2.05) is 198 Å². The van der Waals surface area contributed by atoms with Crippen LogP contribution in [0.5, 0.6) is 0 Å². The summed E-state index contributed by atoms with van der Waals surface area (Å²) in [5.41, 5.74) is 0. The third-order valence-corrected chi connectivity index (χ3v) is 9.39. The van der Waals surface area contributed by atoms with Gasteiger partial charge in [0.2, 0.25) is 0 Å². The van der Waals surface area contributed by atoms with Gasteiger partial charge in [-0.15, -0.1) is 0 Å². The van der Waals surface area contributed by atoms with E-state index in [-0.39, 0.29) is 0 Å². The molecule has 0 nitrogen and oxygen atoms in total. The van der Waals surface area contributed by atoms with Crippen LogP contribution < -0.4 is 0 Å². The molecule has 0 unspecified atom stereocenters. The Morgan fingerprint density at radius 2 is 0.352 bits per heavy atom. The summed E-state index contributed by atoms with van der Waals surface area (Å²) in [5.74, 6) is 0. The molecule has 11 rings (SSSR count). The predicted molar refractivity (Wildman–Crippen MR) is 340 cm³/mol. The quantitative estimate of drug-likeness (QED) is 0.105. The Morgan fingerprint density at radius 1 is 0.169 bits per heavy atom. The molecule has 0 saturated heterocycles. The molecule has 0 atom stereocenters. The highest BCUT2D eigenvalue weighted by molar-refractivity contribution is 7.07. The van der Waals surface area contributed by atoms with E-state index in [2.05, 4.69) is 170 Å². The van der Waals surface area contributed by atoms with Crippen LogP contribution in [0, 0.1) is 0 Å². The fourth-order valence-corrected chi connectivity index (χ4v) is 6.75. The molecule has 0 bridgehead atoms. The maximum absolute atomic E-state index is 2.24. The molecule has 1 aromatic heterocycles. The highest BCUT2D eigenvalue weighted by atomic mass is 32.1. The summed E-state index contributed by atoms with van der Waals surface area (Å²) in [5, 5.41) is 20.1. The fraction of sp³-hybridized carbons (Fsp3) is 0.286. The number of thiophene rings is 1. The molecule has 1 heterocycles. The van der Waals surface area contributed by atoms with E-state index in [1.54, 1.807) is 11.3 Å². The number of hydrogen-bond acceptors (Lipinski definition) is 1. The molecule has 0 amide bonds. The first-order valence-corrected chi connectivity index (χ1v) is 28.2. The Kier molecular flexibility index (Phi) is 53.3. The predicted octanol–water partition coefficient (Wildman–Crippen LogP) is 25.1. The van der Waals surface area contributed by atoms with Gasteiger partial charge < -0.3 is 0 Å². The van der Waals surface area contributed by atoms with Gasteiger partial charge in [0, 0.05) is 0 Å². The van der Waals surface area contributed by atoms with Crippen molar-refractivity contribution in [1.29, 1.82) is 0 Å². The monoisotopic (exact) mass is 971 g/mol. The zero-order valence-corrected chi connectivity index (χ0v) is 49.2. The van der Waals surface area contributed by atoms with Gasteiger partial charge in [-0.3, -0.25) is 0 Å². The minimum Gasteiger partial charge on any atom is -0.152 e. The highest BCUT2D eigenvalue weighted by Crippen LogP contribution is 2.34. The van der Waals surface area contributed by atoms with Gasteiger partial charge in [-0.05, 0) is 87.5 Å². The third kappa shape index (κ3) is 27.1. The van der Waals surface area contributed by atoms with Crippen LogP contribution in [0.25, 0.3) is 64.6 Å². The van der Waals surface area contributed by atoms with E-state index in [1.165, 1.54) is 64.6 Å². The van der Waals surface area contributed by atoms with Gasteiger partial charge in [0.05, 0.1) is 0 Å². The van der Waals surface area contributed by atoms with Gasteiger partial charge in [0.15, 0.2) is 0 Å². The van der Waals surface area contributed by atoms with Crippen molar-refractivity contribution in [2.45, 2.75) is 138 Å². The summed E-state index contributed by atoms with van der Waals surface area (Å²) in [6, 6.07) is 76.0. The van der Waals surface area contributed by atoms with E-state index < -0.39 is 0 Å². The Morgan fingerprint density at radius 3 is 0.535 bits per heavy atom. The number of rotatable bonds is 0. The lowest BCUT2D eigenvalue weighted by Crippen LogP contribution is -1.82. The summed E-state index contributed by atoms with van der Waals surface area (Å²) in [6.07, 6.45) is 0. The molecular weight excluding hydrogens is 873 g/mol. The average molecular weight is 972 g/mol. The summed E-state index contributed by atoms with van der Waals surface area (Å²) >= 11 is 1.71. The second-order valence-corrected chi connectivity index (χ2v) is 12.9. The molecular formula is C70H98S. The Balaban J connectivity index is -0.000000375. The van der Waals surface area contributed by atoms with Crippen molar-refractivity contribution < 1.29 is 0 Å². The minimum atomic E-state index is 1.31. The molecule has 10 aromatic carbocycles. The molecule has 71 heavy (non-hydrogen) atoms. The second-order valence-electron chi connectivity index (χ2n) is 12.1. The van der Waals surface area contributed by atoms with Gasteiger partial charge in [-0.1, -0.05) is 345 Å². The van der Waals surface area contributed by atoms with E-state index in [0.717, 1.165) is 0 Å². The van der Waals surface area contributed by atoms with Gasteiger partial charge in [-0.2, -0.15) is 11.3 Å². The normalized spacial score (nSPS) is 8.28. The smallest absolute Gasteiger partial charge is 0.00268 e. The lowest BCUT2D eigenvalue weighted by molar-refractivity contribution is 1.50. The summed E-state index contributed by atoms with van der Waals surface area (Å²) in [6.45, 7) is 40.0. The van der Waals surface area contributed by atoms with E-state index in [9.17, 15) is 0 Å². The maximum Gasteiger partial charge on any atom is -0.00268 e. The number of fused-ring (bicyclic) bond motifs is 3. The molecule has 384 valence electrons. The number of benzene rings is 10. The fourth-order valence-electron chi connectivity index (χ4n) is 6.30. The van der Waals surface area contributed by atoms with Crippen molar-refractivity contribution >= 4 is 76.0 Å². The lowest BCUT2D eigenvalue weighted by atomic mass is 9.95. The topological polar surface area (TPSA) is 0 Å². The molecule has 11 aromatic rings. The van der Waals surface area contributed by atoms with Crippen molar-refractivity contribution in [2.75, 3.05) is 0 Å². The van der Waals surface area contributed by atoms with Crippen LogP contribution in [-0.4, -0.2) is 0 Å². The van der Waals surface area contributed by atoms with Crippen LogP contribution >= 0.6 is 11.3 Å². The van der Waals surface area contributed by atoms with Crippen LogP contribution in [0.1, 0.15) is 138 Å².